The number of amides is 2. The number of carbonyl (C=O) groups excluding carboxylic acids is 3. The average molecular weight is 377 g/mol. The summed E-state index contributed by atoms with van der Waals surface area (Å²) in [6.07, 6.45) is 2.39. The van der Waals surface area contributed by atoms with Crippen LogP contribution in [0.2, 0.25) is 0 Å². The summed E-state index contributed by atoms with van der Waals surface area (Å²) < 4.78 is 0. The van der Waals surface area contributed by atoms with E-state index in [2.05, 4.69) is 13.8 Å². The lowest BCUT2D eigenvalue weighted by molar-refractivity contribution is -0.176. The molecule has 2 aromatic rings. The molecular formula is C23H23NO4. The minimum atomic E-state index is -0.582. The van der Waals surface area contributed by atoms with Gasteiger partial charge in [0.2, 0.25) is 0 Å². The fourth-order valence-corrected chi connectivity index (χ4v) is 4.33. The van der Waals surface area contributed by atoms with Crippen LogP contribution < -0.4 is 0 Å². The molecule has 0 saturated heterocycles. The summed E-state index contributed by atoms with van der Waals surface area (Å²) in [6.45, 7) is 4.41. The summed E-state index contributed by atoms with van der Waals surface area (Å²) >= 11 is 0. The molecule has 1 saturated carbocycles. The van der Waals surface area contributed by atoms with E-state index in [1.807, 2.05) is 30.3 Å². The molecule has 1 heterocycles. The second kappa shape index (κ2) is 6.89. The van der Waals surface area contributed by atoms with Gasteiger partial charge in [-0.3, -0.25) is 9.59 Å². The summed E-state index contributed by atoms with van der Waals surface area (Å²) in [5, 5.41) is 0.620. The molecule has 1 fully saturated rings. The fourth-order valence-electron chi connectivity index (χ4n) is 4.33. The van der Waals surface area contributed by atoms with Crippen molar-refractivity contribution in [1.29, 1.82) is 0 Å². The van der Waals surface area contributed by atoms with E-state index in [1.165, 1.54) is 0 Å². The Labute approximate surface area is 164 Å². The van der Waals surface area contributed by atoms with E-state index >= 15 is 0 Å². The van der Waals surface area contributed by atoms with Crippen molar-refractivity contribution in [2.24, 2.45) is 11.3 Å². The number of hydrogen-bond donors (Lipinski definition) is 0. The number of benzene rings is 2. The number of fused-ring (bicyclic) bond motifs is 1. The molecular weight excluding hydrogens is 354 g/mol. The number of imide groups is 1. The summed E-state index contributed by atoms with van der Waals surface area (Å²) in [6, 6.07) is 16.4. The van der Waals surface area contributed by atoms with E-state index in [0.29, 0.717) is 11.5 Å². The van der Waals surface area contributed by atoms with Gasteiger partial charge in [0.1, 0.15) is 0 Å². The predicted octanol–water partition coefficient (Wildman–Crippen LogP) is 4.35. The first-order chi connectivity index (χ1) is 13.4. The van der Waals surface area contributed by atoms with Gasteiger partial charge in [-0.15, -0.1) is 0 Å². The monoisotopic (exact) mass is 377 g/mol. The van der Waals surface area contributed by atoms with Crippen molar-refractivity contribution in [1.82, 2.24) is 5.06 Å². The van der Waals surface area contributed by atoms with E-state index in [0.717, 1.165) is 18.4 Å². The molecule has 1 aliphatic heterocycles. The summed E-state index contributed by atoms with van der Waals surface area (Å²) in [5.74, 6) is -2.08. The first-order valence-electron chi connectivity index (χ1n) is 9.62. The molecule has 28 heavy (non-hydrogen) atoms. The molecule has 5 nitrogen and oxygen atoms in total. The molecule has 2 atom stereocenters. The Morgan fingerprint density at radius 2 is 1.54 bits per heavy atom. The van der Waals surface area contributed by atoms with Crippen molar-refractivity contribution in [3.8, 4) is 0 Å². The first-order valence-corrected chi connectivity index (χ1v) is 9.62. The second-order valence-corrected chi connectivity index (χ2v) is 8.39. The van der Waals surface area contributed by atoms with Crippen LogP contribution in [-0.4, -0.2) is 22.8 Å². The van der Waals surface area contributed by atoms with Crippen molar-refractivity contribution in [3.05, 3.63) is 71.3 Å². The first kappa shape index (κ1) is 18.4. The van der Waals surface area contributed by atoms with Crippen LogP contribution in [0.1, 0.15) is 65.3 Å². The van der Waals surface area contributed by atoms with E-state index in [1.54, 1.807) is 24.3 Å². The third kappa shape index (κ3) is 3.21. The molecule has 2 aromatic carbocycles. The third-order valence-corrected chi connectivity index (χ3v) is 5.86. The van der Waals surface area contributed by atoms with Crippen molar-refractivity contribution in [3.63, 3.8) is 0 Å². The zero-order valence-electron chi connectivity index (χ0n) is 16.1. The van der Waals surface area contributed by atoms with E-state index in [-0.39, 0.29) is 28.4 Å². The molecule has 0 radical (unpaired) electrons. The normalized spacial score (nSPS) is 23.4. The highest BCUT2D eigenvalue weighted by Gasteiger charge is 2.44. The van der Waals surface area contributed by atoms with Gasteiger partial charge < -0.3 is 4.84 Å². The average Bonchev–Trinajstić information content (AvgIpc) is 2.93. The fraction of sp³-hybridized carbons (Fsp3) is 0.348. The zero-order chi connectivity index (χ0) is 19.9. The lowest BCUT2D eigenvalue weighted by Gasteiger charge is -2.40. The van der Waals surface area contributed by atoms with Crippen LogP contribution in [0.25, 0.3) is 0 Å². The Hall–Kier alpha value is -2.95. The minimum absolute atomic E-state index is 0.00682. The van der Waals surface area contributed by atoms with Gasteiger partial charge in [-0.1, -0.05) is 61.4 Å². The number of rotatable bonds is 3. The van der Waals surface area contributed by atoms with Crippen LogP contribution in [0, 0.1) is 11.3 Å². The molecule has 0 N–H and O–H groups in total. The van der Waals surface area contributed by atoms with Gasteiger partial charge >= 0.3 is 5.97 Å². The second-order valence-electron chi connectivity index (χ2n) is 8.39. The molecule has 5 heteroatoms. The van der Waals surface area contributed by atoms with Crippen molar-refractivity contribution < 1.29 is 19.2 Å². The molecule has 0 spiro atoms. The van der Waals surface area contributed by atoms with Crippen LogP contribution in [-0.2, 0) is 9.63 Å². The number of hydroxylamine groups is 2. The quantitative estimate of drug-likeness (QED) is 0.746. The number of hydrogen-bond acceptors (Lipinski definition) is 4. The Bertz CT molecular complexity index is 900. The molecule has 0 bridgehead atoms. The van der Waals surface area contributed by atoms with E-state index in [9.17, 15) is 14.4 Å². The largest absolute Gasteiger partial charge is 0.336 e. The van der Waals surface area contributed by atoms with E-state index in [4.69, 9.17) is 4.84 Å². The molecule has 2 aliphatic rings. The van der Waals surface area contributed by atoms with Crippen LogP contribution in [0.3, 0.4) is 0 Å². The number of carbonyl (C=O) groups is 3. The van der Waals surface area contributed by atoms with Gasteiger partial charge in [0.15, 0.2) is 0 Å². The van der Waals surface area contributed by atoms with Crippen molar-refractivity contribution in [2.75, 3.05) is 0 Å². The zero-order valence-corrected chi connectivity index (χ0v) is 16.1. The smallest absolute Gasteiger partial charge is 0.329 e. The van der Waals surface area contributed by atoms with Gasteiger partial charge in [-0.25, -0.2) is 4.79 Å². The topological polar surface area (TPSA) is 63.7 Å². The predicted molar refractivity (Wildman–Crippen MR) is 103 cm³/mol. The van der Waals surface area contributed by atoms with Crippen LogP contribution in [0.15, 0.2) is 54.6 Å². The molecule has 4 rings (SSSR count). The summed E-state index contributed by atoms with van der Waals surface area (Å²) in [5.41, 5.74) is 1.74. The SMILES string of the molecule is CC1(C)CCC(C(=O)ON2C(=O)c3ccccc3C2=O)C(c2ccccc2)C1. The maximum absolute atomic E-state index is 13.0. The Morgan fingerprint density at radius 1 is 0.964 bits per heavy atom. The highest BCUT2D eigenvalue weighted by molar-refractivity contribution is 6.20. The maximum Gasteiger partial charge on any atom is 0.336 e. The lowest BCUT2D eigenvalue weighted by atomic mass is 9.65. The van der Waals surface area contributed by atoms with E-state index < -0.39 is 17.8 Å². The molecule has 1 aliphatic carbocycles. The van der Waals surface area contributed by atoms with Crippen molar-refractivity contribution >= 4 is 17.8 Å². The standard InChI is InChI=1S/C23H23NO4/c1-23(2)13-12-18(19(14-23)15-8-4-3-5-9-15)22(27)28-24-20(25)16-10-6-7-11-17(16)21(24)26/h3-11,18-19H,12-14H2,1-2H3. The van der Waals surface area contributed by atoms with Crippen molar-refractivity contribution in [2.45, 2.75) is 39.0 Å². The lowest BCUT2D eigenvalue weighted by Crippen LogP contribution is -2.39. The Morgan fingerprint density at radius 3 is 2.14 bits per heavy atom. The van der Waals surface area contributed by atoms with Gasteiger partial charge in [0.05, 0.1) is 17.0 Å². The van der Waals surface area contributed by atoms with Crippen LogP contribution in [0.5, 0.6) is 0 Å². The van der Waals surface area contributed by atoms with Gasteiger partial charge in [0.25, 0.3) is 11.8 Å². The Kier molecular flexibility index (Phi) is 4.53. The maximum atomic E-state index is 13.0. The van der Waals surface area contributed by atoms with Crippen LogP contribution in [0.4, 0.5) is 0 Å². The molecule has 0 aromatic heterocycles. The molecule has 2 unspecified atom stereocenters. The molecule has 144 valence electrons. The summed E-state index contributed by atoms with van der Waals surface area (Å²) in [4.78, 5) is 43.4. The Balaban J connectivity index is 1.57. The number of nitrogens with zero attached hydrogens (tertiary/aromatic N) is 1. The highest BCUT2D eigenvalue weighted by atomic mass is 16.7. The van der Waals surface area contributed by atoms with Gasteiger partial charge in [-0.2, -0.15) is 0 Å². The van der Waals surface area contributed by atoms with Gasteiger partial charge in [-0.05, 0) is 48.3 Å². The molecule has 2 amide bonds. The minimum Gasteiger partial charge on any atom is -0.329 e. The third-order valence-electron chi connectivity index (χ3n) is 5.86. The summed E-state index contributed by atoms with van der Waals surface area (Å²) in [7, 11) is 0. The van der Waals surface area contributed by atoms with Gasteiger partial charge in [0, 0.05) is 0 Å². The van der Waals surface area contributed by atoms with Crippen LogP contribution >= 0.6 is 0 Å². The highest BCUT2D eigenvalue weighted by Crippen LogP contribution is 2.47.